The van der Waals surface area contributed by atoms with Crippen LogP contribution in [-0.2, 0) is 0 Å². The molecule has 15 heavy (non-hydrogen) atoms. The van der Waals surface area contributed by atoms with E-state index < -0.39 is 0 Å². The van der Waals surface area contributed by atoms with E-state index in [1.165, 1.54) is 12.1 Å². The number of benzene rings is 1. The molecule has 0 heterocycles. The molecule has 0 aliphatic carbocycles. The van der Waals surface area contributed by atoms with E-state index in [0.717, 1.165) is 0 Å². The van der Waals surface area contributed by atoms with Gasteiger partial charge in [0.25, 0.3) is 0 Å². The van der Waals surface area contributed by atoms with Crippen LogP contribution >= 0.6 is 23.2 Å². The summed E-state index contributed by atoms with van der Waals surface area (Å²) >= 11 is 11.4. The highest BCUT2D eigenvalue weighted by atomic mass is 35.5. The van der Waals surface area contributed by atoms with E-state index in [1.807, 2.05) is 13.8 Å². The molecule has 0 radical (unpaired) electrons. The number of aromatic hydroxyl groups is 1. The average Bonchev–Trinajstić information content (AvgIpc) is 2.12. The molecule has 0 atom stereocenters. The predicted octanol–water partition coefficient (Wildman–Crippen LogP) is 3.93. The second-order valence-corrected chi connectivity index (χ2v) is 4.62. The zero-order valence-corrected chi connectivity index (χ0v) is 10.1. The Morgan fingerprint density at radius 3 is 2.20 bits per heavy atom. The summed E-state index contributed by atoms with van der Waals surface area (Å²) in [5, 5.41) is 9.53. The van der Waals surface area contributed by atoms with Gasteiger partial charge >= 0.3 is 0 Å². The fourth-order valence-corrected chi connectivity index (χ4v) is 1.70. The lowest BCUT2D eigenvalue weighted by Crippen LogP contribution is -2.03. The van der Waals surface area contributed by atoms with E-state index in [-0.39, 0.29) is 27.5 Å². The van der Waals surface area contributed by atoms with Crippen molar-refractivity contribution in [2.45, 2.75) is 20.3 Å². The SMILES string of the molecule is CC(C)CC(=O)c1cc(Cl)c(O)c(Cl)c1. The number of carbonyl (C=O) groups excluding carboxylic acids is 1. The molecule has 0 aromatic heterocycles. The molecule has 1 N–H and O–H groups in total. The Morgan fingerprint density at radius 1 is 1.33 bits per heavy atom. The van der Waals surface area contributed by atoms with Crippen LogP contribution in [0.15, 0.2) is 12.1 Å². The summed E-state index contributed by atoms with van der Waals surface area (Å²) in [5.74, 6) is 0.0806. The largest absolute Gasteiger partial charge is 0.505 e. The van der Waals surface area contributed by atoms with Crippen molar-refractivity contribution in [1.29, 1.82) is 0 Å². The Balaban J connectivity index is 3.01. The molecule has 0 aliphatic heterocycles. The molecule has 0 bridgehead atoms. The number of carbonyl (C=O) groups is 1. The smallest absolute Gasteiger partial charge is 0.163 e. The van der Waals surface area contributed by atoms with Gasteiger partial charge in [0, 0.05) is 12.0 Å². The first-order valence-corrected chi connectivity index (χ1v) is 5.38. The fourth-order valence-electron chi connectivity index (χ4n) is 1.22. The van der Waals surface area contributed by atoms with Crippen LogP contribution in [0.25, 0.3) is 0 Å². The minimum absolute atomic E-state index is 0.0196. The van der Waals surface area contributed by atoms with E-state index >= 15 is 0 Å². The molecular formula is C11H12Cl2O2. The number of phenols is 1. The molecule has 0 fully saturated rings. The van der Waals surface area contributed by atoms with Gasteiger partial charge in [-0.05, 0) is 18.1 Å². The lowest BCUT2D eigenvalue weighted by atomic mass is 10.0. The van der Waals surface area contributed by atoms with Crippen LogP contribution in [0.2, 0.25) is 10.0 Å². The average molecular weight is 247 g/mol. The van der Waals surface area contributed by atoms with Crippen LogP contribution in [0, 0.1) is 5.92 Å². The summed E-state index contributed by atoms with van der Waals surface area (Å²) in [4.78, 5) is 11.7. The number of Topliss-reactive ketones (excluding diaryl/α,β-unsaturated/α-hetero) is 1. The molecule has 1 aromatic carbocycles. The minimum atomic E-state index is -0.181. The number of ketones is 1. The first-order chi connectivity index (χ1) is 6.91. The van der Waals surface area contributed by atoms with Crippen LogP contribution in [0.1, 0.15) is 30.6 Å². The van der Waals surface area contributed by atoms with Gasteiger partial charge < -0.3 is 5.11 Å². The highest BCUT2D eigenvalue weighted by molar-refractivity contribution is 6.37. The second-order valence-electron chi connectivity index (χ2n) is 3.81. The third-order valence-electron chi connectivity index (χ3n) is 1.93. The lowest BCUT2D eigenvalue weighted by molar-refractivity contribution is 0.0968. The van der Waals surface area contributed by atoms with Gasteiger partial charge in [-0.3, -0.25) is 4.79 Å². The van der Waals surface area contributed by atoms with Crippen molar-refractivity contribution >= 4 is 29.0 Å². The third kappa shape index (κ3) is 3.11. The molecule has 0 saturated heterocycles. The van der Waals surface area contributed by atoms with Crippen LogP contribution in [-0.4, -0.2) is 10.9 Å². The monoisotopic (exact) mass is 246 g/mol. The van der Waals surface area contributed by atoms with Crippen LogP contribution in [0.5, 0.6) is 5.75 Å². The van der Waals surface area contributed by atoms with E-state index in [1.54, 1.807) is 0 Å². The first-order valence-electron chi connectivity index (χ1n) is 4.63. The summed E-state index contributed by atoms with van der Waals surface area (Å²) in [6.07, 6.45) is 0.442. The van der Waals surface area contributed by atoms with Crippen LogP contribution < -0.4 is 0 Å². The van der Waals surface area contributed by atoms with Gasteiger partial charge in [-0.25, -0.2) is 0 Å². The lowest BCUT2D eigenvalue weighted by Gasteiger charge is -2.06. The highest BCUT2D eigenvalue weighted by Crippen LogP contribution is 2.33. The molecule has 0 spiro atoms. The first kappa shape index (κ1) is 12.3. The third-order valence-corrected chi connectivity index (χ3v) is 2.51. The standard InChI is InChI=1S/C11H12Cl2O2/c1-6(2)3-10(14)7-4-8(12)11(15)9(13)5-7/h4-6,15H,3H2,1-2H3. The Morgan fingerprint density at radius 2 is 1.80 bits per heavy atom. The van der Waals surface area contributed by atoms with Gasteiger partial charge in [-0.1, -0.05) is 37.0 Å². The van der Waals surface area contributed by atoms with E-state index in [0.29, 0.717) is 12.0 Å². The van der Waals surface area contributed by atoms with Crippen molar-refractivity contribution in [2.75, 3.05) is 0 Å². The number of hydrogen-bond donors (Lipinski definition) is 1. The number of phenolic OH excluding ortho intramolecular Hbond substituents is 1. The summed E-state index contributed by atoms with van der Waals surface area (Å²) in [6, 6.07) is 2.88. The number of rotatable bonds is 3. The maximum Gasteiger partial charge on any atom is 0.163 e. The number of hydrogen-bond acceptors (Lipinski definition) is 2. The van der Waals surface area contributed by atoms with Gasteiger partial charge in [0.05, 0.1) is 10.0 Å². The van der Waals surface area contributed by atoms with Crippen molar-refractivity contribution in [2.24, 2.45) is 5.92 Å². The maximum atomic E-state index is 11.7. The van der Waals surface area contributed by atoms with Gasteiger partial charge in [-0.2, -0.15) is 0 Å². The normalized spacial score (nSPS) is 10.7. The Bertz CT molecular complexity index is 363. The Hall–Kier alpha value is -0.730. The molecule has 0 unspecified atom stereocenters. The summed E-state index contributed by atoms with van der Waals surface area (Å²) in [7, 11) is 0. The molecule has 0 saturated carbocycles. The van der Waals surface area contributed by atoms with Crippen molar-refractivity contribution in [3.05, 3.63) is 27.7 Å². The molecule has 0 amide bonds. The zero-order valence-electron chi connectivity index (χ0n) is 8.55. The Labute approximate surface area is 98.8 Å². The quantitative estimate of drug-likeness (QED) is 0.821. The molecule has 1 aromatic rings. The van der Waals surface area contributed by atoms with Crippen molar-refractivity contribution in [1.82, 2.24) is 0 Å². The van der Waals surface area contributed by atoms with Crippen molar-refractivity contribution in [3.63, 3.8) is 0 Å². The van der Waals surface area contributed by atoms with E-state index in [4.69, 9.17) is 23.2 Å². The van der Waals surface area contributed by atoms with Crippen LogP contribution in [0.4, 0.5) is 0 Å². The Kier molecular flexibility index (Phi) is 4.00. The topological polar surface area (TPSA) is 37.3 Å². The molecule has 82 valence electrons. The highest BCUT2D eigenvalue weighted by Gasteiger charge is 2.13. The fraction of sp³-hybridized carbons (Fsp3) is 0.364. The van der Waals surface area contributed by atoms with Gasteiger partial charge in [-0.15, -0.1) is 0 Å². The summed E-state index contributed by atoms with van der Waals surface area (Å²) in [6.45, 7) is 3.92. The zero-order chi connectivity index (χ0) is 11.6. The molecule has 1 rings (SSSR count). The summed E-state index contributed by atoms with van der Waals surface area (Å²) in [5.41, 5.74) is 0.441. The molecule has 2 nitrogen and oxygen atoms in total. The molecule has 4 heteroatoms. The minimum Gasteiger partial charge on any atom is -0.505 e. The van der Waals surface area contributed by atoms with Gasteiger partial charge in [0.2, 0.25) is 0 Å². The van der Waals surface area contributed by atoms with E-state index in [2.05, 4.69) is 0 Å². The van der Waals surface area contributed by atoms with Gasteiger partial charge in [0.1, 0.15) is 0 Å². The predicted molar refractivity (Wildman–Crippen MR) is 61.9 cm³/mol. The molecule has 0 aliphatic rings. The van der Waals surface area contributed by atoms with Gasteiger partial charge in [0.15, 0.2) is 11.5 Å². The van der Waals surface area contributed by atoms with Crippen molar-refractivity contribution < 1.29 is 9.90 Å². The van der Waals surface area contributed by atoms with Crippen molar-refractivity contribution in [3.8, 4) is 5.75 Å². The summed E-state index contributed by atoms with van der Waals surface area (Å²) < 4.78 is 0. The number of halogens is 2. The molecular weight excluding hydrogens is 235 g/mol. The maximum absolute atomic E-state index is 11.7. The second kappa shape index (κ2) is 4.86. The van der Waals surface area contributed by atoms with E-state index in [9.17, 15) is 9.90 Å². The van der Waals surface area contributed by atoms with Crippen LogP contribution in [0.3, 0.4) is 0 Å².